The molecule has 1 saturated heterocycles. The van der Waals surface area contributed by atoms with Gasteiger partial charge in [0.25, 0.3) is 0 Å². The summed E-state index contributed by atoms with van der Waals surface area (Å²) in [6.45, 7) is 8.91. The molecule has 35 heavy (non-hydrogen) atoms. The maximum absolute atomic E-state index is 14.6. The largest absolute Gasteiger partial charge is 0.337 e. The number of aryl methyl sites for hydroxylation is 1. The van der Waals surface area contributed by atoms with Crippen LogP contribution >= 0.6 is 0 Å². The number of benzene rings is 1. The number of hydrogen-bond donors (Lipinski definition) is 0. The molecular weight excluding hydrogens is 441 g/mol. The number of aromatic nitrogens is 1. The molecule has 3 fully saturated rings. The third-order valence-electron chi connectivity index (χ3n) is 8.62. The van der Waals surface area contributed by atoms with Gasteiger partial charge in [-0.15, -0.1) is 0 Å². The third kappa shape index (κ3) is 5.04. The monoisotopic (exact) mass is 477 g/mol. The van der Waals surface area contributed by atoms with Gasteiger partial charge in [-0.1, -0.05) is 6.42 Å². The average Bonchev–Trinajstić information content (AvgIpc) is 3.46. The summed E-state index contributed by atoms with van der Waals surface area (Å²) in [5.41, 5.74) is 4.01. The van der Waals surface area contributed by atoms with Crippen molar-refractivity contribution >= 4 is 11.7 Å². The Morgan fingerprint density at radius 3 is 2.54 bits per heavy atom. The van der Waals surface area contributed by atoms with Crippen molar-refractivity contribution in [1.29, 1.82) is 0 Å². The highest BCUT2D eigenvalue weighted by Gasteiger charge is 2.45. The van der Waals surface area contributed by atoms with Gasteiger partial charge in [-0.05, 0) is 92.8 Å². The fraction of sp³-hybridized carbons (Fsp3) is 0.552. The van der Waals surface area contributed by atoms with Gasteiger partial charge < -0.3 is 4.90 Å². The molecule has 6 heteroatoms. The van der Waals surface area contributed by atoms with Crippen LogP contribution in [0.15, 0.2) is 30.5 Å². The number of carbonyl (C=O) groups excluding carboxylic acids is 2. The van der Waals surface area contributed by atoms with Crippen LogP contribution in [0.5, 0.6) is 0 Å². The first-order valence-corrected chi connectivity index (χ1v) is 13.0. The predicted molar refractivity (Wildman–Crippen MR) is 134 cm³/mol. The van der Waals surface area contributed by atoms with E-state index in [0.717, 1.165) is 54.4 Å². The van der Waals surface area contributed by atoms with E-state index in [1.54, 1.807) is 18.3 Å². The van der Waals surface area contributed by atoms with E-state index in [0.29, 0.717) is 23.9 Å². The van der Waals surface area contributed by atoms with Crippen LogP contribution in [-0.2, 0) is 17.8 Å². The van der Waals surface area contributed by atoms with Crippen molar-refractivity contribution < 1.29 is 14.0 Å². The van der Waals surface area contributed by atoms with E-state index in [1.165, 1.54) is 25.3 Å². The Kier molecular flexibility index (Phi) is 6.75. The molecule has 3 aliphatic rings. The smallest absolute Gasteiger partial charge is 0.226 e. The highest BCUT2D eigenvalue weighted by atomic mass is 19.1. The number of pyridine rings is 1. The van der Waals surface area contributed by atoms with Gasteiger partial charge >= 0.3 is 0 Å². The second-order valence-electron chi connectivity index (χ2n) is 11.0. The van der Waals surface area contributed by atoms with E-state index in [2.05, 4.69) is 21.7 Å². The van der Waals surface area contributed by atoms with Crippen LogP contribution in [0.1, 0.15) is 65.3 Å². The van der Waals surface area contributed by atoms with Crippen LogP contribution in [0.2, 0.25) is 0 Å². The first kappa shape index (κ1) is 24.1. The number of rotatable bonds is 6. The van der Waals surface area contributed by atoms with E-state index >= 15 is 0 Å². The van der Waals surface area contributed by atoms with Gasteiger partial charge in [0, 0.05) is 62.0 Å². The molecule has 5 rings (SSSR count). The molecule has 4 atom stereocenters. The zero-order valence-electron chi connectivity index (χ0n) is 21.1. The summed E-state index contributed by atoms with van der Waals surface area (Å²) in [4.78, 5) is 34.7. The molecule has 3 unspecified atom stereocenters. The number of halogens is 1. The Morgan fingerprint density at radius 2 is 1.89 bits per heavy atom. The third-order valence-corrected chi connectivity index (χ3v) is 8.62. The standard InChI is InChI=1S/C29H36FN3O2/c1-18-4-6-23(15-31-18)28(34)14-24-12-26(30)13-25(20(24)3)17-32-8-9-33(19(2)16-32)29(35)27-11-21-5-7-22(27)10-21/h4,6,12-13,15,19,21-22,27H,5,7-11,14,16-17H2,1-3H3/t19-,21?,22?,27?/m0/s1. The normalized spacial score (nSPS) is 26.3. The second kappa shape index (κ2) is 9.81. The molecule has 5 nitrogen and oxygen atoms in total. The Hall–Kier alpha value is -2.60. The summed E-state index contributed by atoms with van der Waals surface area (Å²) in [5.74, 6) is 1.59. The van der Waals surface area contributed by atoms with Crippen molar-refractivity contribution in [2.45, 2.75) is 65.5 Å². The van der Waals surface area contributed by atoms with E-state index < -0.39 is 0 Å². The maximum atomic E-state index is 14.6. The first-order chi connectivity index (χ1) is 16.8. The van der Waals surface area contributed by atoms with Gasteiger partial charge in [-0.3, -0.25) is 19.5 Å². The topological polar surface area (TPSA) is 53.5 Å². The molecule has 2 heterocycles. The van der Waals surface area contributed by atoms with Crippen molar-refractivity contribution in [1.82, 2.24) is 14.8 Å². The van der Waals surface area contributed by atoms with Crippen molar-refractivity contribution in [3.63, 3.8) is 0 Å². The van der Waals surface area contributed by atoms with Gasteiger partial charge in [0.1, 0.15) is 5.82 Å². The molecule has 1 aromatic heterocycles. The molecule has 2 bridgehead atoms. The van der Waals surface area contributed by atoms with E-state index in [-0.39, 0.29) is 30.0 Å². The number of Topliss-reactive ketones (excluding diaryl/α,β-unsaturated/α-hetero) is 1. The number of carbonyl (C=O) groups is 2. The average molecular weight is 478 g/mol. The van der Waals surface area contributed by atoms with E-state index in [1.807, 2.05) is 19.9 Å². The van der Waals surface area contributed by atoms with Crippen LogP contribution in [-0.4, -0.2) is 52.2 Å². The van der Waals surface area contributed by atoms with Crippen LogP contribution < -0.4 is 0 Å². The Bertz CT molecular complexity index is 1120. The molecule has 2 saturated carbocycles. The highest BCUT2D eigenvalue weighted by molar-refractivity contribution is 5.97. The number of nitrogens with zero attached hydrogens (tertiary/aromatic N) is 3. The summed E-state index contributed by atoms with van der Waals surface area (Å²) in [6.07, 6.45) is 6.60. The molecule has 1 aliphatic heterocycles. The quantitative estimate of drug-likeness (QED) is 0.565. The van der Waals surface area contributed by atoms with Gasteiger partial charge in [-0.25, -0.2) is 4.39 Å². The number of hydrogen-bond acceptors (Lipinski definition) is 4. The van der Waals surface area contributed by atoms with Crippen molar-refractivity contribution in [3.05, 3.63) is 64.2 Å². The van der Waals surface area contributed by atoms with Crippen molar-refractivity contribution in [2.24, 2.45) is 17.8 Å². The van der Waals surface area contributed by atoms with Crippen molar-refractivity contribution in [2.75, 3.05) is 19.6 Å². The van der Waals surface area contributed by atoms with Crippen LogP contribution in [0, 0.1) is 37.4 Å². The molecule has 2 aromatic rings. The molecule has 2 aliphatic carbocycles. The Labute approximate surface area is 207 Å². The summed E-state index contributed by atoms with van der Waals surface area (Å²) >= 11 is 0. The molecule has 0 radical (unpaired) electrons. The minimum Gasteiger partial charge on any atom is -0.337 e. The van der Waals surface area contributed by atoms with Gasteiger partial charge in [-0.2, -0.15) is 0 Å². The van der Waals surface area contributed by atoms with Crippen LogP contribution in [0.25, 0.3) is 0 Å². The van der Waals surface area contributed by atoms with Crippen LogP contribution in [0.4, 0.5) is 4.39 Å². The lowest BCUT2D eigenvalue weighted by molar-refractivity contribution is -0.142. The number of ketones is 1. The highest BCUT2D eigenvalue weighted by Crippen LogP contribution is 2.49. The summed E-state index contributed by atoms with van der Waals surface area (Å²) in [6, 6.07) is 6.82. The Balaban J connectivity index is 1.23. The zero-order valence-corrected chi connectivity index (χ0v) is 21.1. The summed E-state index contributed by atoms with van der Waals surface area (Å²) < 4.78 is 14.6. The second-order valence-corrected chi connectivity index (χ2v) is 11.0. The zero-order chi connectivity index (χ0) is 24.7. The summed E-state index contributed by atoms with van der Waals surface area (Å²) in [5, 5.41) is 0. The van der Waals surface area contributed by atoms with E-state index in [9.17, 15) is 14.0 Å². The summed E-state index contributed by atoms with van der Waals surface area (Å²) in [7, 11) is 0. The number of piperazine rings is 1. The molecule has 0 N–H and O–H groups in total. The first-order valence-electron chi connectivity index (χ1n) is 13.0. The lowest BCUT2D eigenvalue weighted by Gasteiger charge is -2.42. The minimum absolute atomic E-state index is 0.0569. The van der Waals surface area contributed by atoms with Crippen LogP contribution in [0.3, 0.4) is 0 Å². The fourth-order valence-electron chi connectivity index (χ4n) is 6.56. The lowest BCUT2D eigenvalue weighted by Crippen LogP contribution is -2.55. The molecule has 0 spiro atoms. The van der Waals surface area contributed by atoms with Gasteiger partial charge in [0.2, 0.25) is 5.91 Å². The van der Waals surface area contributed by atoms with Gasteiger partial charge in [0.15, 0.2) is 5.78 Å². The molecule has 186 valence electrons. The molecule has 1 aromatic carbocycles. The minimum atomic E-state index is -0.312. The Morgan fingerprint density at radius 1 is 1.09 bits per heavy atom. The molecular formula is C29H36FN3O2. The maximum Gasteiger partial charge on any atom is 0.226 e. The predicted octanol–water partition coefficient (Wildman–Crippen LogP) is 4.73. The molecule has 1 amide bonds. The SMILES string of the molecule is Cc1ccc(C(=O)Cc2cc(F)cc(CN3CCN(C(=O)C4CC5CCC4C5)[C@@H](C)C3)c2C)cn1. The van der Waals surface area contributed by atoms with Gasteiger partial charge in [0.05, 0.1) is 0 Å². The lowest BCUT2D eigenvalue weighted by atomic mass is 9.87. The fourth-order valence-corrected chi connectivity index (χ4v) is 6.56. The van der Waals surface area contributed by atoms with Crippen molar-refractivity contribution in [3.8, 4) is 0 Å². The number of fused-ring (bicyclic) bond motifs is 2. The number of amides is 1. The van der Waals surface area contributed by atoms with E-state index in [4.69, 9.17) is 0 Å².